The number of pyridine rings is 2. The monoisotopic (exact) mass is 814 g/mol. The van der Waals surface area contributed by atoms with Crippen LogP contribution in [0, 0.1) is 0 Å². The Morgan fingerprint density at radius 2 is 0.966 bits per heavy atom. The molecule has 0 bridgehead atoms. The zero-order valence-corrected chi connectivity index (χ0v) is 32.4. The van der Waals surface area contributed by atoms with Crippen molar-refractivity contribution < 1.29 is 69.3 Å². The molecule has 0 unspecified atom stereocenters. The van der Waals surface area contributed by atoms with E-state index in [1.54, 1.807) is 14.2 Å². The number of hydrogen-bond donors (Lipinski definition) is 8. The lowest BCUT2D eigenvalue weighted by atomic mass is 9.99. The Balaban J connectivity index is 1.19. The molecule has 10 atom stereocenters. The first-order chi connectivity index (χ1) is 28.0. The minimum atomic E-state index is -1.59. The second kappa shape index (κ2) is 20.5. The molecule has 2 aromatic heterocycles. The third kappa shape index (κ3) is 10.7. The number of methoxy groups -OCH3 is 2. The normalized spacial score (nSPS) is 27.8. The van der Waals surface area contributed by atoms with Gasteiger partial charge in [0.05, 0.1) is 63.1 Å². The van der Waals surface area contributed by atoms with Crippen molar-refractivity contribution in [3.8, 4) is 11.5 Å². The summed E-state index contributed by atoms with van der Waals surface area (Å²) < 4.78 is 33.4. The Morgan fingerprint density at radius 1 is 0.534 bits per heavy atom. The predicted molar refractivity (Wildman–Crippen MR) is 207 cm³/mol. The van der Waals surface area contributed by atoms with Crippen LogP contribution in [-0.2, 0) is 32.0 Å². The summed E-state index contributed by atoms with van der Waals surface area (Å²) >= 11 is 0. The Morgan fingerprint density at radius 3 is 1.38 bits per heavy atom. The maximum atomic E-state index is 10.5. The number of fused-ring (bicyclic) bond motifs is 2. The Kier molecular flexibility index (Phi) is 15.5. The number of ether oxygens (including phenoxy) is 6. The van der Waals surface area contributed by atoms with Crippen LogP contribution in [0.25, 0.3) is 21.8 Å². The highest BCUT2D eigenvalue weighted by atomic mass is 16.7. The van der Waals surface area contributed by atoms with E-state index in [1.165, 1.54) is 0 Å². The molecule has 318 valence electrons. The van der Waals surface area contributed by atoms with Gasteiger partial charge in [-0.05, 0) is 48.5 Å². The summed E-state index contributed by atoms with van der Waals surface area (Å²) in [6.45, 7) is 1.16. The maximum absolute atomic E-state index is 10.5. The molecule has 0 spiro atoms. The lowest BCUT2D eigenvalue weighted by Gasteiger charge is -2.40. The lowest BCUT2D eigenvalue weighted by Crippen LogP contribution is -2.59. The molecule has 2 fully saturated rings. The summed E-state index contributed by atoms with van der Waals surface area (Å²) in [5.41, 5.74) is 3.28. The van der Waals surface area contributed by atoms with Crippen molar-refractivity contribution in [3.63, 3.8) is 0 Å². The quantitative estimate of drug-likeness (QED) is 0.0550. The minimum absolute atomic E-state index is 0.00583. The topological polar surface area (TPSA) is 249 Å². The fourth-order valence-corrected chi connectivity index (χ4v) is 7.02. The highest BCUT2D eigenvalue weighted by Gasteiger charge is 2.45. The minimum Gasteiger partial charge on any atom is -0.497 e. The van der Waals surface area contributed by atoms with E-state index in [1.807, 2.05) is 65.6 Å². The molecule has 4 aromatic rings. The van der Waals surface area contributed by atoms with Crippen molar-refractivity contribution in [2.75, 3.05) is 66.8 Å². The summed E-state index contributed by atoms with van der Waals surface area (Å²) in [7, 11) is 3.23. The molecule has 2 aromatic carbocycles. The standard InChI is InChI=1S/C40H54N4O14/c1-53-27-7-9-29-23(17-27)3-5-25(41-29)19-44(20-26-6-4-24-18-28(54-2)8-10-30(24)42-26)12-11-43(13-15-55-39-37(51)35(49)33(47)31(21-45)57-39)14-16-56-40-38(52)36(50)34(48)32(22-46)58-40/h3-10,17-18,31-40,45-52H,11-16,19-22H2,1-2H3/t31-,32-,33-,34-,35+,36+,37-,38-,39-,40-/m1/s1. The number of aliphatic hydroxyl groups excluding tert-OH is 8. The smallest absolute Gasteiger partial charge is 0.186 e. The van der Waals surface area contributed by atoms with Gasteiger partial charge in [-0.2, -0.15) is 0 Å². The van der Waals surface area contributed by atoms with Crippen LogP contribution in [0.2, 0.25) is 0 Å². The summed E-state index contributed by atoms with van der Waals surface area (Å²) in [5, 5.41) is 83.0. The fourth-order valence-electron chi connectivity index (χ4n) is 7.02. The third-order valence-electron chi connectivity index (χ3n) is 10.5. The highest BCUT2D eigenvalue weighted by Crippen LogP contribution is 2.25. The van der Waals surface area contributed by atoms with Crippen LogP contribution in [0.5, 0.6) is 11.5 Å². The first-order valence-electron chi connectivity index (χ1n) is 19.2. The molecule has 6 rings (SSSR count). The number of aliphatic hydroxyl groups is 8. The number of benzene rings is 2. The summed E-state index contributed by atoms with van der Waals surface area (Å²) in [6.07, 6.45) is -14.3. The van der Waals surface area contributed by atoms with Crippen molar-refractivity contribution in [3.05, 3.63) is 72.1 Å². The van der Waals surface area contributed by atoms with Gasteiger partial charge in [-0.15, -0.1) is 0 Å². The molecule has 0 aliphatic carbocycles. The van der Waals surface area contributed by atoms with Crippen LogP contribution in [-0.4, -0.2) is 189 Å². The second-order valence-electron chi connectivity index (χ2n) is 14.4. The van der Waals surface area contributed by atoms with Gasteiger partial charge in [0.2, 0.25) is 0 Å². The van der Waals surface area contributed by atoms with E-state index in [-0.39, 0.29) is 26.3 Å². The number of hydrogen-bond acceptors (Lipinski definition) is 18. The van der Waals surface area contributed by atoms with Crippen molar-refractivity contribution in [2.45, 2.75) is 74.5 Å². The van der Waals surface area contributed by atoms with Gasteiger partial charge in [-0.25, -0.2) is 0 Å². The summed E-state index contributed by atoms with van der Waals surface area (Å²) in [4.78, 5) is 14.0. The van der Waals surface area contributed by atoms with Crippen LogP contribution in [0.4, 0.5) is 0 Å². The average Bonchev–Trinajstić information content (AvgIpc) is 3.24. The Hall–Kier alpha value is -3.70. The van der Waals surface area contributed by atoms with Crippen molar-refractivity contribution >= 4 is 21.8 Å². The second-order valence-corrected chi connectivity index (χ2v) is 14.4. The molecule has 0 radical (unpaired) electrons. The van der Waals surface area contributed by atoms with Crippen LogP contribution < -0.4 is 9.47 Å². The summed E-state index contributed by atoms with van der Waals surface area (Å²) in [6, 6.07) is 19.3. The van der Waals surface area contributed by atoms with Gasteiger partial charge in [0.25, 0.3) is 0 Å². The average molecular weight is 815 g/mol. The molecule has 2 aliphatic heterocycles. The van der Waals surface area contributed by atoms with Crippen molar-refractivity contribution in [2.24, 2.45) is 0 Å². The van der Waals surface area contributed by atoms with E-state index in [0.29, 0.717) is 26.2 Å². The first-order valence-corrected chi connectivity index (χ1v) is 19.2. The van der Waals surface area contributed by atoms with E-state index in [4.69, 9.17) is 38.4 Å². The molecule has 0 saturated carbocycles. The molecule has 2 saturated heterocycles. The molecule has 18 nitrogen and oxygen atoms in total. The Labute approximate surface area is 335 Å². The van der Waals surface area contributed by atoms with E-state index in [2.05, 4.69) is 4.90 Å². The van der Waals surface area contributed by atoms with E-state index in [9.17, 15) is 40.9 Å². The van der Waals surface area contributed by atoms with Gasteiger partial charge in [0.1, 0.15) is 60.3 Å². The predicted octanol–water partition coefficient (Wildman–Crippen LogP) is -1.26. The highest BCUT2D eigenvalue weighted by molar-refractivity contribution is 5.81. The molecular weight excluding hydrogens is 760 g/mol. The van der Waals surface area contributed by atoms with Crippen LogP contribution in [0.3, 0.4) is 0 Å². The third-order valence-corrected chi connectivity index (χ3v) is 10.5. The van der Waals surface area contributed by atoms with Gasteiger partial charge in [0, 0.05) is 50.0 Å². The number of rotatable bonds is 19. The van der Waals surface area contributed by atoms with Crippen LogP contribution in [0.15, 0.2) is 60.7 Å². The maximum Gasteiger partial charge on any atom is 0.186 e. The molecular formula is C40H54N4O14. The molecule has 2 aliphatic rings. The molecule has 58 heavy (non-hydrogen) atoms. The number of aromatic nitrogens is 2. The zero-order valence-electron chi connectivity index (χ0n) is 32.4. The zero-order chi connectivity index (χ0) is 41.3. The van der Waals surface area contributed by atoms with E-state index < -0.39 is 74.6 Å². The van der Waals surface area contributed by atoms with Crippen LogP contribution in [0.1, 0.15) is 11.4 Å². The van der Waals surface area contributed by atoms with Gasteiger partial charge in [-0.3, -0.25) is 19.8 Å². The van der Waals surface area contributed by atoms with Gasteiger partial charge in [0.15, 0.2) is 12.6 Å². The van der Waals surface area contributed by atoms with E-state index in [0.717, 1.165) is 44.7 Å². The molecule has 18 heteroatoms. The SMILES string of the molecule is COc1ccc2nc(CN(CCN(CCO[C@@H]3O[C@H](CO)[C@@H](O)[C@H](O)[C@H]3O)CCO[C@@H]3O[C@H](CO)[C@@H](O)[C@H](O)[C@H]3O)Cc3ccc4cc(OC)ccc4n3)ccc2c1. The number of nitrogens with zero attached hydrogens (tertiary/aromatic N) is 4. The van der Waals surface area contributed by atoms with Gasteiger partial charge < -0.3 is 69.3 Å². The van der Waals surface area contributed by atoms with Gasteiger partial charge >= 0.3 is 0 Å². The molecule has 0 amide bonds. The first kappa shape index (κ1) is 43.9. The molecule has 4 heterocycles. The largest absolute Gasteiger partial charge is 0.497 e. The van der Waals surface area contributed by atoms with Gasteiger partial charge in [-0.1, -0.05) is 12.1 Å². The lowest BCUT2D eigenvalue weighted by molar-refractivity contribution is -0.303. The summed E-state index contributed by atoms with van der Waals surface area (Å²) in [5.74, 6) is 1.46. The van der Waals surface area contributed by atoms with Crippen molar-refractivity contribution in [1.82, 2.24) is 19.8 Å². The van der Waals surface area contributed by atoms with Crippen molar-refractivity contribution in [1.29, 1.82) is 0 Å². The van der Waals surface area contributed by atoms with E-state index >= 15 is 0 Å². The Bertz CT molecular complexity index is 1780. The fraction of sp³-hybridized carbons (Fsp3) is 0.550. The molecule has 8 N–H and O–H groups in total. The van der Waals surface area contributed by atoms with Crippen LogP contribution >= 0.6 is 0 Å².